The van der Waals surface area contributed by atoms with Crippen molar-refractivity contribution in [3.05, 3.63) is 60.2 Å². The van der Waals surface area contributed by atoms with E-state index in [-0.39, 0.29) is 6.61 Å². The average Bonchev–Trinajstić information content (AvgIpc) is 2.83. The third kappa shape index (κ3) is 10.8. The molecule has 2 amide bonds. The van der Waals surface area contributed by atoms with Crippen LogP contribution in [-0.4, -0.2) is 35.7 Å². The number of ether oxygens (including phenoxy) is 2. The Morgan fingerprint density at radius 3 is 2.26 bits per heavy atom. The van der Waals surface area contributed by atoms with Crippen LogP contribution >= 0.6 is 0 Å². The standard InChI is InChI=1S/C26H34N2O6/c1-2-3-4-5-6-10-17-33-22-15-13-21(14-16-22)27-25(30)23(28-26(31)32)18-24(29)34-19-20-11-8-7-9-12-20/h7-9,11-16,23,28H,2-6,10,17-19H2,1H3,(H,27,30)(H,31,32)/t23-/m0/s1. The van der Waals surface area contributed by atoms with Gasteiger partial charge in [-0.1, -0.05) is 69.4 Å². The number of benzene rings is 2. The molecule has 3 N–H and O–H groups in total. The first-order valence-corrected chi connectivity index (χ1v) is 11.7. The predicted molar refractivity (Wildman–Crippen MR) is 130 cm³/mol. The van der Waals surface area contributed by atoms with Crippen LogP contribution in [0.25, 0.3) is 0 Å². The second-order valence-electron chi connectivity index (χ2n) is 7.98. The molecule has 8 heteroatoms. The molecule has 0 unspecified atom stereocenters. The molecule has 2 rings (SSSR count). The highest BCUT2D eigenvalue weighted by Gasteiger charge is 2.25. The van der Waals surface area contributed by atoms with E-state index in [1.807, 2.05) is 18.2 Å². The van der Waals surface area contributed by atoms with Crippen LogP contribution in [0.5, 0.6) is 5.75 Å². The number of rotatable bonds is 15. The normalized spacial score (nSPS) is 11.3. The smallest absolute Gasteiger partial charge is 0.405 e. The predicted octanol–water partition coefficient (Wildman–Crippen LogP) is 5.13. The van der Waals surface area contributed by atoms with Crippen molar-refractivity contribution in [2.45, 2.75) is 64.5 Å². The van der Waals surface area contributed by atoms with Crippen molar-refractivity contribution >= 4 is 23.7 Å². The molecule has 2 aromatic rings. The molecular weight excluding hydrogens is 436 g/mol. The lowest BCUT2D eigenvalue weighted by atomic mass is 10.1. The molecule has 0 aliphatic carbocycles. The zero-order valence-electron chi connectivity index (χ0n) is 19.6. The second kappa shape index (κ2) is 15.3. The van der Waals surface area contributed by atoms with E-state index >= 15 is 0 Å². The summed E-state index contributed by atoms with van der Waals surface area (Å²) in [6.07, 6.45) is 5.27. The average molecular weight is 471 g/mol. The van der Waals surface area contributed by atoms with Crippen LogP contribution in [0.15, 0.2) is 54.6 Å². The molecule has 0 aliphatic heterocycles. The number of carbonyl (C=O) groups excluding carboxylic acids is 2. The SMILES string of the molecule is CCCCCCCCOc1ccc(NC(=O)[C@H](CC(=O)OCc2ccccc2)NC(=O)O)cc1. The van der Waals surface area contributed by atoms with Gasteiger partial charge in [0.25, 0.3) is 0 Å². The Balaban J connectivity index is 1.80. The number of carbonyl (C=O) groups is 3. The van der Waals surface area contributed by atoms with Crippen molar-refractivity contribution in [1.29, 1.82) is 0 Å². The Kier molecular flexibility index (Phi) is 12.0. The minimum absolute atomic E-state index is 0.0429. The number of amides is 2. The van der Waals surface area contributed by atoms with Gasteiger partial charge in [-0.15, -0.1) is 0 Å². The second-order valence-corrected chi connectivity index (χ2v) is 7.98. The van der Waals surface area contributed by atoms with Crippen LogP contribution in [0.3, 0.4) is 0 Å². The fourth-order valence-electron chi connectivity index (χ4n) is 3.26. The van der Waals surface area contributed by atoms with E-state index in [4.69, 9.17) is 14.6 Å². The Morgan fingerprint density at radius 2 is 1.59 bits per heavy atom. The first kappa shape index (κ1) is 26.7. The van der Waals surface area contributed by atoms with E-state index < -0.39 is 30.4 Å². The van der Waals surface area contributed by atoms with Crippen molar-refractivity contribution < 1.29 is 29.0 Å². The summed E-state index contributed by atoms with van der Waals surface area (Å²) in [5.41, 5.74) is 1.26. The zero-order valence-corrected chi connectivity index (χ0v) is 19.6. The molecule has 8 nitrogen and oxygen atoms in total. The summed E-state index contributed by atoms with van der Waals surface area (Å²) in [7, 11) is 0. The Bertz CT molecular complexity index is 886. The van der Waals surface area contributed by atoms with E-state index in [2.05, 4.69) is 17.6 Å². The third-order valence-electron chi connectivity index (χ3n) is 5.12. The van der Waals surface area contributed by atoms with Gasteiger partial charge in [0.15, 0.2) is 0 Å². The van der Waals surface area contributed by atoms with Crippen LogP contribution in [0, 0.1) is 0 Å². The van der Waals surface area contributed by atoms with Crippen LogP contribution in [0.4, 0.5) is 10.5 Å². The molecule has 0 aliphatic rings. The first-order chi connectivity index (χ1) is 16.5. The fraction of sp³-hybridized carbons (Fsp3) is 0.423. The summed E-state index contributed by atoms with van der Waals surface area (Å²) in [6, 6.07) is 14.6. The Labute approximate surface area is 200 Å². The van der Waals surface area contributed by atoms with Gasteiger partial charge in [-0.3, -0.25) is 9.59 Å². The highest BCUT2D eigenvalue weighted by Crippen LogP contribution is 2.17. The molecule has 0 bridgehead atoms. The maximum atomic E-state index is 12.6. The molecule has 0 heterocycles. The molecule has 2 aromatic carbocycles. The molecule has 0 fully saturated rings. The highest BCUT2D eigenvalue weighted by molar-refractivity contribution is 5.98. The van der Waals surface area contributed by atoms with Gasteiger partial charge in [0.2, 0.25) is 5.91 Å². The van der Waals surface area contributed by atoms with Crippen molar-refractivity contribution in [1.82, 2.24) is 5.32 Å². The Hall–Kier alpha value is -3.55. The van der Waals surface area contributed by atoms with Gasteiger partial charge in [0, 0.05) is 5.69 Å². The lowest BCUT2D eigenvalue weighted by molar-refractivity contribution is -0.146. The van der Waals surface area contributed by atoms with Crippen molar-refractivity contribution in [3.8, 4) is 5.75 Å². The summed E-state index contributed by atoms with van der Waals surface area (Å²) >= 11 is 0. The Morgan fingerprint density at radius 1 is 0.912 bits per heavy atom. The summed E-state index contributed by atoms with van der Waals surface area (Å²) in [5.74, 6) is -0.646. The first-order valence-electron chi connectivity index (χ1n) is 11.7. The van der Waals surface area contributed by atoms with E-state index in [0.29, 0.717) is 18.0 Å². The van der Waals surface area contributed by atoms with Gasteiger partial charge in [0.1, 0.15) is 18.4 Å². The minimum Gasteiger partial charge on any atom is -0.494 e. The number of esters is 1. The maximum absolute atomic E-state index is 12.6. The third-order valence-corrected chi connectivity index (χ3v) is 5.12. The molecule has 0 spiro atoms. The van der Waals surface area contributed by atoms with E-state index in [1.165, 1.54) is 25.7 Å². The lowest BCUT2D eigenvalue weighted by Gasteiger charge is -2.16. The summed E-state index contributed by atoms with van der Waals surface area (Å²) in [4.78, 5) is 35.9. The van der Waals surface area contributed by atoms with E-state index in [1.54, 1.807) is 36.4 Å². The molecule has 184 valence electrons. The maximum Gasteiger partial charge on any atom is 0.405 e. The van der Waals surface area contributed by atoms with Gasteiger partial charge in [-0.2, -0.15) is 0 Å². The van der Waals surface area contributed by atoms with Gasteiger partial charge < -0.3 is 25.2 Å². The molecule has 34 heavy (non-hydrogen) atoms. The van der Waals surface area contributed by atoms with Crippen LogP contribution < -0.4 is 15.4 Å². The van der Waals surface area contributed by atoms with Gasteiger partial charge in [-0.25, -0.2) is 4.79 Å². The van der Waals surface area contributed by atoms with Crippen molar-refractivity contribution in [2.24, 2.45) is 0 Å². The molecule has 0 aromatic heterocycles. The van der Waals surface area contributed by atoms with E-state index in [0.717, 1.165) is 18.4 Å². The summed E-state index contributed by atoms with van der Waals surface area (Å²) in [6.45, 7) is 2.87. The van der Waals surface area contributed by atoms with Crippen molar-refractivity contribution in [3.63, 3.8) is 0 Å². The zero-order chi connectivity index (χ0) is 24.6. The fourth-order valence-corrected chi connectivity index (χ4v) is 3.26. The number of unbranched alkanes of at least 4 members (excludes halogenated alkanes) is 5. The molecule has 0 saturated carbocycles. The van der Waals surface area contributed by atoms with Gasteiger partial charge >= 0.3 is 12.1 Å². The lowest BCUT2D eigenvalue weighted by Crippen LogP contribution is -2.44. The summed E-state index contributed by atoms with van der Waals surface area (Å²) in [5, 5.41) is 13.8. The molecule has 0 radical (unpaired) electrons. The van der Waals surface area contributed by atoms with Gasteiger partial charge in [0.05, 0.1) is 13.0 Å². The molecular formula is C26H34N2O6. The number of hydrogen-bond donors (Lipinski definition) is 3. The van der Waals surface area contributed by atoms with Crippen LogP contribution in [0.2, 0.25) is 0 Å². The van der Waals surface area contributed by atoms with Crippen LogP contribution in [-0.2, 0) is 20.9 Å². The molecule has 0 saturated heterocycles. The highest BCUT2D eigenvalue weighted by atomic mass is 16.5. The number of nitrogens with one attached hydrogen (secondary N) is 2. The number of anilines is 1. The summed E-state index contributed by atoms with van der Waals surface area (Å²) < 4.78 is 10.9. The van der Waals surface area contributed by atoms with Crippen molar-refractivity contribution in [2.75, 3.05) is 11.9 Å². The quantitative estimate of drug-likeness (QED) is 0.245. The molecule has 1 atom stereocenters. The van der Waals surface area contributed by atoms with Crippen LogP contribution in [0.1, 0.15) is 57.4 Å². The number of carboxylic acid groups (broad SMARTS) is 1. The van der Waals surface area contributed by atoms with Gasteiger partial charge in [-0.05, 0) is 36.2 Å². The number of hydrogen-bond acceptors (Lipinski definition) is 5. The minimum atomic E-state index is -1.41. The topological polar surface area (TPSA) is 114 Å². The monoisotopic (exact) mass is 470 g/mol. The van der Waals surface area contributed by atoms with E-state index in [9.17, 15) is 14.4 Å². The largest absolute Gasteiger partial charge is 0.494 e.